The first-order valence-electron chi connectivity index (χ1n) is 6.14. The van der Waals surface area contributed by atoms with Crippen LogP contribution in [-0.2, 0) is 11.5 Å². The van der Waals surface area contributed by atoms with E-state index in [2.05, 4.69) is 0 Å². The average Bonchev–Trinajstić information content (AvgIpc) is 2.23. The first kappa shape index (κ1) is 13.3. The fourth-order valence-electron chi connectivity index (χ4n) is 2.52. The minimum atomic E-state index is -2.92. The van der Waals surface area contributed by atoms with Crippen molar-refractivity contribution in [2.45, 2.75) is 44.6 Å². The first-order chi connectivity index (χ1) is 8.28. The van der Waals surface area contributed by atoms with Crippen LogP contribution in [0, 0.1) is 6.92 Å². The molecule has 2 rings (SSSR count). The number of hydrogen-bond donors (Lipinski definition) is 1. The highest BCUT2D eigenvalue weighted by Gasteiger charge is 2.40. The fraction of sp³-hybridized carbons (Fsp3) is 0.571. The van der Waals surface area contributed by atoms with Crippen LogP contribution in [0.25, 0.3) is 0 Å². The molecule has 1 aromatic carbocycles. The standard InChI is InChI=1S/C14H19F2NO/c1-9-7-10(13(2,15)16)12(18-3)11(8-9)14(17)5-4-6-14/h7-8H,4-6,17H2,1-3H3. The third kappa shape index (κ3) is 2.09. The maximum atomic E-state index is 13.7. The van der Waals surface area contributed by atoms with Gasteiger partial charge < -0.3 is 10.5 Å². The Bertz CT molecular complexity index is 462. The van der Waals surface area contributed by atoms with Crippen LogP contribution in [0.2, 0.25) is 0 Å². The van der Waals surface area contributed by atoms with E-state index in [1.165, 1.54) is 13.2 Å². The molecule has 0 saturated heterocycles. The molecule has 1 saturated carbocycles. The van der Waals surface area contributed by atoms with Gasteiger partial charge in [-0.25, -0.2) is 8.78 Å². The highest BCUT2D eigenvalue weighted by Crippen LogP contribution is 2.47. The molecular formula is C14H19F2NO. The molecule has 1 aromatic rings. The van der Waals surface area contributed by atoms with Gasteiger partial charge in [-0.15, -0.1) is 0 Å². The normalized spacial score (nSPS) is 18.3. The Kier molecular flexibility index (Phi) is 3.09. The van der Waals surface area contributed by atoms with Gasteiger partial charge in [-0.1, -0.05) is 11.6 Å². The highest BCUT2D eigenvalue weighted by molar-refractivity contribution is 5.50. The molecule has 2 N–H and O–H groups in total. The number of nitrogens with two attached hydrogens (primary N) is 1. The van der Waals surface area contributed by atoms with Crippen LogP contribution in [0.3, 0.4) is 0 Å². The molecule has 1 aliphatic rings. The van der Waals surface area contributed by atoms with Crippen LogP contribution in [0.1, 0.15) is 42.9 Å². The molecule has 2 nitrogen and oxygen atoms in total. The molecule has 0 amide bonds. The van der Waals surface area contributed by atoms with Crippen LogP contribution >= 0.6 is 0 Å². The molecule has 1 fully saturated rings. The number of halogens is 2. The van der Waals surface area contributed by atoms with E-state index in [0.29, 0.717) is 5.56 Å². The maximum absolute atomic E-state index is 13.7. The zero-order chi connectivity index (χ0) is 13.6. The van der Waals surface area contributed by atoms with Crippen LogP contribution in [-0.4, -0.2) is 7.11 Å². The molecule has 18 heavy (non-hydrogen) atoms. The van der Waals surface area contributed by atoms with Gasteiger partial charge in [0, 0.05) is 18.0 Å². The largest absolute Gasteiger partial charge is 0.496 e. The van der Waals surface area contributed by atoms with Gasteiger partial charge in [0.1, 0.15) is 5.75 Å². The summed E-state index contributed by atoms with van der Waals surface area (Å²) in [5.74, 6) is -2.68. The van der Waals surface area contributed by atoms with Crippen molar-refractivity contribution in [3.05, 3.63) is 28.8 Å². The van der Waals surface area contributed by atoms with E-state index in [1.807, 2.05) is 6.07 Å². The Hall–Kier alpha value is -1.16. The number of benzene rings is 1. The molecule has 0 aromatic heterocycles. The van der Waals surface area contributed by atoms with E-state index in [4.69, 9.17) is 10.5 Å². The number of alkyl halides is 2. The van der Waals surface area contributed by atoms with Crippen LogP contribution < -0.4 is 10.5 Å². The van der Waals surface area contributed by atoms with E-state index in [0.717, 1.165) is 31.7 Å². The molecule has 4 heteroatoms. The van der Waals surface area contributed by atoms with Gasteiger partial charge in [0.15, 0.2) is 0 Å². The van der Waals surface area contributed by atoms with Crippen molar-refractivity contribution in [3.8, 4) is 5.75 Å². The first-order valence-corrected chi connectivity index (χ1v) is 6.14. The van der Waals surface area contributed by atoms with Gasteiger partial charge in [-0.05, 0) is 32.3 Å². The summed E-state index contributed by atoms with van der Waals surface area (Å²) in [5.41, 5.74) is 7.19. The summed E-state index contributed by atoms with van der Waals surface area (Å²) in [5, 5.41) is 0. The number of ether oxygens (including phenoxy) is 1. The molecular weight excluding hydrogens is 236 g/mol. The average molecular weight is 255 g/mol. The van der Waals surface area contributed by atoms with E-state index in [1.54, 1.807) is 6.92 Å². The van der Waals surface area contributed by atoms with Crippen LogP contribution in [0.15, 0.2) is 12.1 Å². The lowest BCUT2D eigenvalue weighted by Crippen LogP contribution is -2.43. The smallest absolute Gasteiger partial charge is 0.274 e. The number of hydrogen-bond acceptors (Lipinski definition) is 2. The van der Waals surface area contributed by atoms with Crippen molar-refractivity contribution in [1.82, 2.24) is 0 Å². The fourth-order valence-corrected chi connectivity index (χ4v) is 2.52. The van der Waals surface area contributed by atoms with Gasteiger partial charge in [0.25, 0.3) is 5.92 Å². The van der Waals surface area contributed by atoms with Crippen molar-refractivity contribution in [1.29, 1.82) is 0 Å². The molecule has 0 atom stereocenters. The highest BCUT2D eigenvalue weighted by atomic mass is 19.3. The summed E-state index contributed by atoms with van der Waals surface area (Å²) in [7, 11) is 1.42. The van der Waals surface area contributed by atoms with E-state index in [9.17, 15) is 8.78 Å². The quantitative estimate of drug-likeness (QED) is 0.897. The van der Waals surface area contributed by atoms with Crippen molar-refractivity contribution < 1.29 is 13.5 Å². The van der Waals surface area contributed by atoms with Crippen molar-refractivity contribution >= 4 is 0 Å². The summed E-state index contributed by atoms with van der Waals surface area (Å²) in [6, 6.07) is 3.34. The Morgan fingerprint density at radius 2 is 1.94 bits per heavy atom. The monoisotopic (exact) mass is 255 g/mol. The van der Waals surface area contributed by atoms with Crippen molar-refractivity contribution in [2.24, 2.45) is 5.73 Å². The Morgan fingerprint density at radius 1 is 1.33 bits per heavy atom. The minimum absolute atomic E-state index is 0.0725. The topological polar surface area (TPSA) is 35.2 Å². The van der Waals surface area contributed by atoms with Gasteiger partial charge >= 0.3 is 0 Å². The second-order valence-electron chi connectivity index (χ2n) is 5.29. The zero-order valence-corrected chi connectivity index (χ0v) is 11.0. The summed E-state index contributed by atoms with van der Waals surface area (Å²) in [6.45, 7) is 2.69. The second-order valence-corrected chi connectivity index (χ2v) is 5.29. The molecule has 0 aliphatic heterocycles. The predicted octanol–water partition coefficient (Wildman–Crippen LogP) is 3.45. The van der Waals surface area contributed by atoms with E-state index in [-0.39, 0.29) is 11.3 Å². The van der Waals surface area contributed by atoms with E-state index >= 15 is 0 Å². The zero-order valence-electron chi connectivity index (χ0n) is 11.0. The van der Waals surface area contributed by atoms with Crippen molar-refractivity contribution in [3.63, 3.8) is 0 Å². The Morgan fingerprint density at radius 3 is 2.33 bits per heavy atom. The number of aryl methyl sites for hydroxylation is 1. The summed E-state index contributed by atoms with van der Waals surface area (Å²) in [6.07, 6.45) is 2.68. The van der Waals surface area contributed by atoms with Gasteiger partial charge in [-0.3, -0.25) is 0 Å². The maximum Gasteiger partial charge on any atom is 0.274 e. The minimum Gasteiger partial charge on any atom is -0.496 e. The molecule has 0 bridgehead atoms. The van der Waals surface area contributed by atoms with Gasteiger partial charge in [-0.2, -0.15) is 0 Å². The van der Waals surface area contributed by atoms with E-state index < -0.39 is 11.5 Å². The Labute approximate surface area is 106 Å². The number of rotatable bonds is 3. The molecule has 0 spiro atoms. The van der Waals surface area contributed by atoms with Gasteiger partial charge in [0.2, 0.25) is 0 Å². The lowest BCUT2D eigenvalue weighted by Gasteiger charge is -2.40. The lowest BCUT2D eigenvalue weighted by molar-refractivity contribution is 0.0146. The molecule has 100 valence electrons. The molecule has 0 heterocycles. The summed E-state index contributed by atoms with van der Waals surface area (Å²) < 4.78 is 32.5. The second kappa shape index (κ2) is 4.19. The van der Waals surface area contributed by atoms with Crippen molar-refractivity contribution in [2.75, 3.05) is 7.11 Å². The molecule has 1 aliphatic carbocycles. The van der Waals surface area contributed by atoms with Crippen LogP contribution in [0.4, 0.5) is 8.78 Å². The third-order valence-corrected chi connectivity index (χ3v) is 3.69. The SMILES string of the molecule is COc1c(C(C)(F)F)cc(C)cc1C1(N)CCC1. The lowest BCUT2D eigenvalue weighted by atomic mass is 9.71. The summed E-state index contributed by atoms with van der Waals surface area (Å²) in [4.78, 5) is 0. The third-order valence-electron chi connectivity index (χ3n) is 3.69. The van der Waals surface area contributed by atoms with Gasteiger partial charge in [0.05, 0.1) is 12.7 Å². The molecule has 0 radical (unpaired) electrons. The van der Waals surface area contributed by atoms with Crippen LogP contribution in [0.5, 0.6) is 5.75 Å². The Balaban J connectivity index is 2.62. The predicted molar refractivity (Wildman–Crippen MR) is 67.0 cm³/mol. The summed E-state index contributed by atoms with van der Waals surface area (Å²) >= 11 is 0. The molecule has 0 unspecified atom stereocenters. The number of methoxy groups -OCH3 is 1.